The zero-order valence-electron chi connectivity index (χ0n) is 17.6. The number of amides is 2. The number of hydrogen-bond acceptors (Lipinski definition) is 4. The minimum atomic E-state index is -0.133. The second kappa shape index (κ2) is 9.98. The van der Waals surface area contributed by atoms with Gasteiger partial charge in [0.15, 0.2) is 11.5 Å². The summed E-state index contributed by atoms with van der Waals surface area (Å²) >= 11 is 3.53. The van der Waals surface area contributed by atoms with Gasteiger partial charge in [0.2, 0.25) is 11.8 Å². The van der Waals surface area contributed by atoms with Crippen molar-refractivity contribution >= 4 is 39.1 Å². The number of aryl methyl sites for hydroxylation is 1. The molecule has 1 aliphatic heterocycles. The summed E-state index contributed by atoms with van der Waals surface area (Å²) in [4.78, 5) is 26.5. The summed E-state index contributed by atoms with van der Waals surface area (Å²) in [5.74, 6) is 1.30. The molecule has 0 radical (unpaired) electrons. The number of nitrogens with one attached hydrogen (secondary N) is 1. The molecule has 0 aliphatic carbocycles. The topological polar surface area (TPSA) is 67.9 Å². The molecule has 2 aromatic carbocycles. The van der Waals surface area contributed by atoms with E-state index >= 15 is 0 Å². The van der Waals surface area contributed by atoms with Crippen molar-refractivity contribution in [2.75, 3.05) is 30.0 Å². The fourth-order valence-corrected chi connectivity index (χ4v) is 4.03. The summed E-state index contributed by atoms with van der Waals surface area (Å²) in [7, 11) is 0. The highest BCUT2D eigenvalue weighted by molar-refractivity contribution is 9.10. The Morgan fingerprint density at radius 2 is 1.83 bits per heavy atom. The third-order valence-electron chi connectivity index (χ3n) is 4.91. The molecule has 1 N–H and O–H groups in total. The van der Waals surface area contributed by atoms with Gasteiger partial charge in [0.25, 0.3) is 0 Å². The van der Waals surface area contributed by atoms with Crippen molar-refractivity contribution < 1.29 is 19.1 Å². The minimum Gasteiger partial charge on any atom is -0.490 e. The van der Waals surface area contributed by atoms with Crippen molar-refractivity contribution in [2.24, 2.45) is 0 Å². The van der Waals surface area contributed by atoms with E-state index in [1.165, 1.54) is 0 Å². The van der Waals surface area contributed by atoms with Crippen LogP contribution in [0.1, 0.15) is 37.8 Å². The van der Waals surface area contributed by atoms with E-state index in [0.717, 1.165) is 34.3 Å². The van der Waals surface area contributed by atoms with Crippen LogP contribution in [0.5, 0.6) is 11.5 Å². The van der Waals surface area contributed by atoms with Gasteiger partial charge in [0.05, 0.1) is 19.6 Å². The number of halogens is 1. The maximum atomic E-state index is 12.6. The lowest BCUT2D eigenvalue weighted by molar-refractivity contribution is -0.117. The summed E-state index contributed by atoms with van der Waals surface area (Å²) in [5, 5.41) is 2.94. The fraction of sp³-hybridized carbons (Fsp3) is 0.391. The van der Waals surface area contributed by atoms with E-state index < -0.39 is 0 Å². The maximum Gasteiger partial charge on any atom is 0.228 e. The van der Waals surface area contributed by atoms with Gasteiger partial charge in [-0.25, -0.2) is 0 Å². The molecule has 0 bridgehead atoms. The fourth-order valence-electron chi connectivity index (χ4n) is 3.57. The van der Waals surface area contributed by atoms with Gasteiger partial charge in [0, 0.05) is 28.8 Å². The second-order valence-electron chi connectivity index (χ2n) is 7.13. The van der Waals surface area contributed by atoms with Crippen LogP contribution in [0.15, 0.2) is 34.8 Å². The largest absolute Gasteiger partial charge is 0.490 e. The molecule has 1 saturated heterocycles. The Labute approximate surface area is 185 Å². The number of carbonyl (C=O) groups is 2. The first-order valence-corrected chi connectivity index (χ1v) is 11.0. The normalized spacial score (nSPS) is 13.5. The zero-order chi connectivity index (χ0) is 21.7. The van der Waals surface area contributed by atoms with Crippen molar-refractivity contribution in [1.82, 2.24) is 0 Å². The summed E-state index contributed by atoms with van der Waals surface area (Å²) < 4.78 is 12.1. The number of hydrogen-bond donors (Lipinski definition) is 1. The van der Waals surface area contributed by atoms with Crippen LogP contribution in [0, 0.1) is 6.92 Å². The number of carbonyl (C=O) groups excluding carboxylic acids is 2. The van der Waals surface area contributed by atoms with Gasteiger partial charge in [-0.15, -0.1) is 0 Å². The van der Waals surface area contributed by atoms with E-state index in [4.69, 9.17) is 9.47 Å². The number of ether oxygens (including phenoxy) is 2. The summed E-state index contributed by atoms with van der Waals surface area (Å²) in [6, 6.07) is 9.31. The highest BCUT2D eigenvalue weighted by Gasteiger charge is 2.23. The van der Waals surface area contributed by atoms with Crippen molar-refractivity contribution in [3.05, 3.63) is 45.9 Å². The molecule has 6 nitrogen and oxygen atoms in total. The SMILES string of the molecule is CCOc1cc(Br)c(CC(=O)Nc2ccc(N3CCCC3=O)c(C)c2)cc1OCC. The molecule has 0 atom stereocenters. The van der Waals surface area contributed by atoms with Gasteiger partial charge in [-0.05, 0) is 68.7 Å². The number of rotatable bonds is 8. The van der Waals surface area contributed by atoms with Crippen LogP contribution >= 0.6 is 15.9 Å². The number of nitrogens with zero attached hydrogens (tertiary/aromatic N) is 1. The average Bonchev–Trinajstić information content (AvgIpc) is 3.11. The van der Waals surface area contributed by atoms with Crippen LogP contribution in [-0.4, -0.2) is 31.6 Å². The Hall–Kier alpha value is -2.54. The predicted molar refractivity (Wildman–Crippen MR) is 122 cm³/mol. The molecule has 1 heterocycles. The summed E-state index contributed by atoms with van der Waals surface area (Å²) in [5.41, 5.74) is 3.39. The molecule has 160 valence electrons. The maximum absolute atomic E-state index is 12.6. The molecule has 0 spiro atoms. The van der Waals surface area contributed by atoms with Gasteiger partial charge in [0.1, 0.15) is 0 Å². The van der Waals surface area contributed by atoms with Crippen molar-refractivity contribution in [2.45, 2.75) is 40.0 Å². The molecule has 30 heavy (non-hydrogen) atoms. The molecule has 1 aliphatic rings. The van der Waals surface area contributed by atoms with Crippen LogP contribution in [0.25, 0.3) is 0 Å². The van der Waals surface area contributed by atoms with Crippen LogP contribution in [0.2, 0.25) is 0 Å². The lowest BCUT2D eigenvalue weighted by Crippen LogP contribution is -2.24. The highest BCUT2D eigenvalue weighted by atomic mass is 79.9. The highest BCUT2D eigenvalue weighted by Crippen LogP contribution is 2.34. The first-order chi connectivity index (χ1) is 14.4. The standard InChI is InChI=1S/C23H27BrN2O4/c1-4-29-20-12-16(18(24)14-21(20)30-5-2)13-22(27)25-17-8-9-19(15(3)11-17)26-10-6-7-23(26)28/h8-9,11-12,14H,4-7,10,13H2,1-3H3,(H,25,27). The molecule has 2 aromatic rings. The molecule has 7 heteroatoms. The van der Waals surface area contributed by atoms with Crippen LogP contribution in [0.4, 0.5) is 11.4 Å². The van der Waals surface area contributed by atoms with Gasteiger partial charge >= 0.3 is 0 Å². The Balaban J connectivity index is 1.71. The third kappa shape index (κ3) is 5.14. The van der Waals surface area contributed by atoms with Gasteiger partial charge < -0.3 is 19.7 Å². The van der Waals surface area contributed by atoms with E-state index in [1.54, 1.807) is 0 Å². The molecule has 0 unspecified atom stereocenters. The molecule has 0 aromatic heterocycles. The van der Waals surface area contributed by atoms with E-state index in [0.29, 0.717) is 36.8 Å². The Morgan fingerprint density at radius 3 is 2.43 bits per heavy atom. The second-order valence-corrected chi connectivity index (χ2v) is 7.99. The summed E-state index contributed by atoms with van der Waals surface area (Å²) in [6.07, 6.45) is 1.68. The van der Waals surface area contributed by atoms with Crippen molar-refractivity contribution in [3.8, 4) is 11.5 Å². The van der Waals surface area contributed by atoms with Crippen LogP contribution in [0.3, 0.4) is 0 Å². The molecule has 0 saturated carbocycles. The lowest BCUT2D eigenvalue weighted by atomic mass is 10.1. The number of benzene rings is 2. The van der Waals surface area contributed by atoms with Gasteiger partial charge in [-0.2, -0.15) is 0 Å². The van der Waals surface area contributed by atoms with Gasteiger partial charge in [-0.1, -0.05) is 15.9 Å². The third-order valence-corrected chi connectivity index (χ3v) is 5.65. The van der Waals surface area contributed by atoms with E-state index in [2.05, 4.69) is 21.2 Å². The number of anilines is 2. The molecule has 3 rings (SSSR count). The monoisotopic (exact) mass is 474 g/mol. The van der Waals surface area contributed by atoms with Gasteiger partial charge in [-0.3, -0.25) is 9.59 Å². The lowest BCUT2D eigenvalue weighted by Gasteiger charge is -2.19. The van der Waals surface area contributed by atoms with E-state index in [9.17, 15) is 9.59 Å². The first kappa shape index (κ1) is 22.2. The quantitative estimate of drug-likeness (QED) is 0.592. The van der Waals surface area contributed by atoms with E-state index in [-0.39, 0.29) is 18.2 Å². The van der Waals surface area contributed by atoms with Crippen LogP contribution < -0.4 is 19.7 Å². The first-order valence-electron chi connectivity index (χ1n) is 10.2. The van der Waals surface area contributed by atoms with E-state index in [1.807, 2.05) is 56.0 Å². The molecule has 1 fully saturated rings. The molecular formula is C23H27BrN2O4. The zero-order valence-corrected chi connectivity index (χ0v) is 19.2. The van der Waals surface area contributed by atoms with Crippen molar-refractivity contribution in [1.29, 1.82) is 0 Å². The van der Waals surface area contributed by atoms with Crippen LogP contribution in [-0.2, 0) is 16.0 Å². The summed E-state index contributed by atoms with van der Waals surface area (Å²) in [6.45, 7) is 7.57. The Bertz CT molecular complexity index is 945. The minimum absolute atomic E-state index is 0.133. The molecular weight excluding hydrogens is 448 g/mol. The average molecular weight is 475 g/mol. The van der Waals surface area contributed by atoms with Crippen molar-refractivity contribution in [3.63, 3.8) is 0 Å². The molecule has 2 amide bonds. The smallest absolute Gasteiger partial charge is 0.228 e. The Kier molecular flexibility index (Phi) is 7.37. The Morgan fingerprint density at radius 1 is 1.13 bits per heavy atom. The predicted octanol–water partition coefficient (Wildman–Crippen LogP) is 4.86.